The lowest BCUT2D eigenvalue weighted by Gasteiger charge is -2.14. The molecule has 1 aromatic carbocycles. The fourth-order valence-electron chi connectivity index (χ4n) is 2.81. The maximum Gasteiger partial charge on any atom is 0.332 e. The number of hydrogen-bond donors (Lipinski definition) is 1. The van der Waals surface area contributed by atoms with Gasteiger partial charge in [0.2, 0.25) is 5.95 Å². The highest BCUT2D eigenvalue weighted by Crippen LogP contribution is 2.19. The molecule has 0 aliphatic heterocycles. The van der Waals surface area contributed by atoms with Crippen LogP contribution in [0.25, 0.3) is 11.2 Å². The van der Waals surface area contributed by atoms with Crippen molar-refractivity contribution in [2.24, 2.45) is 14.1 Å². The second kappa shape index (κ2) is 6.78. The van der Waals surface area contributed by atoms with Gasteiger partial charge in [-0.25, -0.2) is 9.18 Å². The molecule has 0 bridgehead atoms. The van der Waals surface area contributed by atoms with Crippen molar-refractivity contribution in [3.05, 3.63) is 56.5 Å². The third-order valence-corrected chi connectivity index (χ3v) is 4.59. The Hall–Kier alpha value is -2.90. The van der Waals surface area contributed by atoms with Gasteiger partial charge in [0.15, 0.2) is 11.2 Å². The summed E-state index contributed by atoms with van der Waals surface area (Å²) >= 11 is 0. The zero-order chi connectivity index (χ0) is 19.0. The number of halogens is 1. The zero-order valence-corrected chi connectivity index (χ0v) is 15.3. The highest BCUT2D eigenvalue weighted by Gasteiger charge is 2.20. The summed E-state index contributed by atoms with van der Waals surface area (Å²) in [4.78, 5) is 29.5. The number of fused-ring (bicyclic) bond motifs is 1. The summed E-state index contributed by atoms with van der Waals surface area (Å²) in [5.74, 6) is 0.192. The van der Waals surface area contributed by atoms with Crippen LogP contribution < -0.4 is 16.6 Å². The molecule has 0 amide bonds. The minimum absolute atomic E-state index is 0.139. The molecule has 0 aliphatic rings. The lowest BCUT2D eigenvalue weighted by Crippen LogP contribution is -2.37. The van der Waals surface area contributed by atoms with Crippen LogP contribution in [0.2, 0.25) is 0 Å². The van der Waals surface area contributed by atoms with Crippen molar-refractivity contribution in [1.29, 1.82) is 0 Å². The van der Waals surface area contributed by atoms with E-state index in [0.717, 1.165) is 16.6 Å². The average molecular weight is 359 g/mol. The molecule has 8 heteroatoms. The van der Waals surface area contributed by atoms with Gasteiger partial charge in [0.1, 0.15) is 5.82 Å². The number of benzene rings is 1. The van der Waals surface area contributed by atoms with Crippen LogP contribution in [0.1, 0.15) is 25.8 Å². The van der Waals surface area contributed by atoms with E-state index in [1.165, 1.54) is 23.7 Å². The maximum absolute atomic E-state index is 13.2. The topological polar surface area (TPSA) is 73.8 Å². The lowest BCUT2D eigenvalue weighted by atomic mass is 10.2. The summed E-state index contributed by atoms with van der Waals surface area (Å²) in [5.41, 5.74) is 0.656. The van der Waals surface area contributed by atoms with E-state index in [-0.39, 0.29) is 11.9 Å². The van der Waals surface area contributed by atoms with E-state index in [1.807, 2.05) is 13.8 Å². The number of nitrogens with zero attached hydrogens (tertiary/aromatic N) is 4. The second-order valence-electron chi connectivity index (χ2n) is 6.48. The van der Waals surface area contributed by atoms with Crippen molar-refractivity contribution in [2.45, 2.75) is 32.9 Å². The number of rotatable bonds is 5. The van der Waals surface area contributed by atoms with Gasteiger partial charge in [0.05, 0.1) is 6.54 Å². The third-order valence-electron chi connectivity index (χ3n) is 4.59. The van der Waals surface area contributed by atoms with Crippen LogP contribution in [0.3, 0.4) is 0 Å². The van der Waals surface area contributed by atoms with Crippen LogP contribution in [-0.4, -0.2) is 24.7 Å². The molecular formula is C18H22FN5O2. The minimum Gasteiger partial charge on any atom is -0.353 e. The number of hydrogen-bond acceptors (Lipinski definition) is 4. The van der Waals surface area contributed by atoms with Gasteiger partial charge in [0, 0.05) is 20.1 Å². The summed E-state index contributed by atoms with van der Waals surface area (Å²) < 4.78 is 17.4. The Morgan fingerprint density at radius 3 is 2.42 bits per heavy atom. The predicted molar refractivity (Wildman–Crippen MR) is 99.1 cm³/mol. The van der Waals surface area contributed by atoms with E-state index in [9.17, 15) is 14.0 Å². The highest BCUT2D eigenvalue weighted by molar-refractivity contribution is 5.74. The molecule has 1 N–H and O–H groups in total. The fraction of sp³-hybridized carbons (Fsp3) is 0.389. The van der Waals surface area contributed by atoms with Crippen LogP contribution in [0.15, 0.2) is 33.9 Å². The third kappa shape index (κ3) is 3.02. The first kappa shape index (κ1) is 17.9. The Labute approximate surface area is 149 Å². The van der Waals surface area contributed by atoms with Crippen molar-refractivity contribution >= 4 is 17.1 Å². The van der Waals surface area contributed by atoms with E-state index in [0.29, 0.717) is 23.7 Å². The van der Waals surface area contributed by atoms with Gasteiger partial charge in [0.25, 0.3) is 5.56 Å². The second-order valence-corrected chi connectivity index (χ2v) is 6.48. The molecule has 2 heterocycles. The monoisotopic (exact) mass is 359 g/mol. The van der Waals surface area contributed by atoms with E-state index >= 15 is 0 Å². The quantitative estimate of drug-likeness (QED) is 0.754. The first-order chi connectivity index (χ1) is 12.3. The van der Waals surface area contributed by atoms with Crippen LogP contribution >= 0.6 is 0 Å². The van der Waals surface area contributed by atoms with E-state index in [4.69, 9.17) is 0 Å². The highest BCUT2D eigenvalue weighted by atomic mass is 19.1. The average Bonchev–Trinajstić information content (AvgIpc) is 2.98. The number of imidazole rings is 1. The van der Waals surface area contributed by atoms with Crippen LogP contribution in [0.4, 0.5) is 10.3 Å². The summed E-state index contributed by atoms with van der Waals surface area (Å²) in [7, 11) is 3.04. The SMILES string of the molecule is CC[C@H](C)Nc1nc2c(c(=O)n(C)c(=O)n2C)n1Cc1ccc(F)cc1. The van der Waals surface area contributed by atoms with Crippen molar-refractivity contribution in [1.82, 2.24) is 18.7 Å². The molecule has 2 aromatic heterocycles. The number of nitrogens with one attached hydrogen (secondary N) is 1. The summed E-state index contributed by atoms with van der Waals surface area (Å²) in [6.07, 6.45) is 0.872. The number of aryl methyl sites for hydroxylation is 1. The summed E-state index contributed by atoms with van der Waals surface area (Å²) in [5, 5.41) is 3.29. The standard InChI is InChI=1S/C18H22FN5O2/c1-5-11(2)20-17-21-15-14(16(25)23(4)18(26)22(15)3)24(17)10-12-6-8-13(19)9-7-12/h6-9,11H,5,10H2,1-4H3,(H,20,21)/t11-/m0/s1. The van der Waals surface area contributed by atoms with E-state index in [2.05, 4.69) is 10.3 Å². The molecule has 3 rings (SSSR count). The Bertz CT molecular complexity index is 1060. The normalized spacial score (nSPS) is 12.5. The van der Waals surface area contributed by atoms with Crippen molar-refractivity contribution < 1.29 is 4.39 Å². The first-order valence-corrected chi connectivity index (χ1v) is 8.50. The zero-order valence-electron chi connectivity index (χ0n) is 15.3. The molecule has 0 unspecified atom stereocenters. The van der Waals surface area contributed by atoms with E-state index < -0.39 is 11.2 Å². The molecule has 0 aliphatic carbocycles. The van der Waals surface area contributed by atoms with Gasteiger partial charge in [-0.2, -0.15) is 4.98 Å². The molecule has 0 saturated heterocycles. The summed E-state index contributed by atoms with van der Waals surface area (Å²) in [6, 6.07) is 6.23. The van der Waals surface area contributed by atoms with Crippen molar-refractivity contribution in [3.8, 4) is 0 Å². The smallest absolute Gasteiger partial charge is 0.332 e. The predicted octanol–water partition coefficient (Wildman–Crippen LogP) is 1.83. The van der Waals surface area contributed by atoms with Gasteiger partial charge >= 0.3 is 5.69 Å². The molecule has 0 radical (unpaired) electrons. The Morgan fingerprint density at radius 1 is 1.15 bits per heavy atom. The molecule has 0 fully saturated rings. The van der Waals surface area contributed by atoms with Crippen LogP contribution in [0, 0.1) is 5.82 Å². The number of aromatic nitrogens is 4. The largest absolute Gasteiger partial charge is 0.353 e. The molecular weight excluding hydrogens is 337 g/mol. The van der Waals surface area contributed by atoms with Gasteiger partial charge in [-0.1, -0.05) is 19.1 Å². The van der Waals surface area contributed by atoms with E-state index in [1.54, 1.807) is 23.7 Å². The van der Waals surface area contributed by atoms with Crippen molar-refractivity contribution in [3.63, 3.8) is 0 Å². The van der Waals surface area contributed by atoms with Crippen LogP contribution in [0.5, 0.6) is 0 Å². The fourth-order valence-corrected chi connectivity index (χ4v) is 2.81. The van der Waals surface area contributed by atoms with Crippen LogP contribution in [-0.2, 0) is 20.6 Å². The van der Waals surface area contributed by atoms with Gasteiger partial charge in [-0.15, -0.1) is 0 Å². The summed E-state index contributed by atoms with van der Waals surface area (Å²) in [6.45, 7) is 4.39. The Kier molecular flexibility index (Phi) is 4.67. The molecule has 3 aromatic rings. The molecule has 0 saturated carbocycles. The van der Waals surface area contributed by atoms with Gasteiger partial charge in [-0.05, 0) is 31.0 Å². The van der Waals surface area contributed by atoms with Gasteiger partial charge in [-0.3, -0.25) is 18.5 Å². The van der Waals surface area contributed by atoms with Crippen molar-refractivity contribution in [2.75, 3.05) is 5.32 Å². The minimum atomic E-state index is -0.427. The molecule has 138 valence electrons. The molecule has 0 spiro atoms. The van der Waals surface area contributed by atoms with Gasteiger partial charge < -0.3 is 5.32 Å². The molecule has 7 nitrogen and oxygen atoms in total. The Morgan fingerprint density at radius 2 is 1.81 bits per heavy atom. The molecule has 1 atom stereocenters. The first-order valence-electron chi connectivity index (χ1n) is 8.50. The lowest BCUT2D eigenvalue weighted by molar-refractivity contribution is 0.626. The number of anilines is 1. The molecule has 26 heavy (non-hydrogen) atoms. The maximum atomic E-state index is 13.2. The Balaban J connectivity index is 2.25.